The first-order chi connectivity index (χ1) is 10.5. The van der Waals surface area contributed by atoms with Crippen LogP contribution in [0.2, 0.25) is 0 Å². The van der Waals surface area contributed by atoms with Crippen LogP contribution in [-0.2, 0) is 6.54 Å². The van der Waals surface area contributed by atoms with Crippen LogP contribution in [0, 0.1) is 12.7 Å². The Morgan fingerprint density at radius 3 is 2.59 bits per heavy atom. The molecule has 22 heavy (non-hydrogen) atoms. The van der Waals surface area contributed by atoms with Gasteiger partial charge < -0.3 is 10.6 Å². The zero-order valence-corrected chi connectivity index (χ0v) is 13.1. The van der Waals surface area contributed by atoms with Crippen molar-refractivity contribution in [1.82, 2.24) is 5.32 Å². The quantitative estimate of drug-likeness (QED) is 0.852. The highest BCUT2D eigenvalue weighted by molar-refractivity contribution is 5.91. The molecule has 2 amide bonds. The van der Waals surface area contributed by atoms with Gasteiger partial charge in [-0.15, -0.1) is 0 Å². The van der Waals surface area contributed by atoms with Gasteiger partial charge in [0.2, 0.25) is 0 Å². The molecular weight excluding hydrogens is 279 g/mol. The van der Waals surface area contributed by atoms with Gasteiger partial charge in [0.1, 0.15) is 5.82 Å². The topological polar surface area (TPSA) is 41.1 Å². The largest absolute Gasteiger partial charge is 0.334 e. The lowest BCUT2D eigenvalue weighted by Crippen LogP contribution is -2.29. The van der Waals surface area contributed by atoms with E-state index >= 15 is 0 Å². The summed E-state index contributed by atoms with van der Waals surface area (Å²) < 4.78 is 13.1. The summed E-state index contributed by atoms with van der Waals surface area (Å²) in [4.78, 5) is 12.1. The fourth-order valence-electron chi connectivity index (χ4n) is 2.33. The highest BCUT2D eigenvalue weighted by Gasteiger charge is 2.11. The van der Waals surface area contributed by atoms with E-state index in [1.54, 1.807) is 12.1 Å². The van der Waals surface area contributed by atoms with Crippen LogP contribution in [0.1, 0.15) is 36.5 Å². The molecule has 0 aromatic heterocycles. The predicted molar refractivity (Wildman–Crippen MR) is 87.5 cm³/mol. The smallest absolute Gasteiger partial charge is 0.319 e. The van der Waals surface area contributed by atoms with Crippen molar-refractivity contribution in [3.05, 3.63) is 65.0 Å². The number of benzene rings is 2. The van der Waals surface area contributed by atoms with E-state index in [1.807, 2.05) is 25.1 Å². The number of aryl methyl sites for hydroxylation is 1. The molecule has 0 aliphatic heterocycles. The maximum Gasteiger partial charge on any atom is 0.319 e. The standard InChI is InChI=1S/C18H21FN2O/c1-12(2)16-9-4-6-13(3)17(16)21-18(22)20-11-14-7-5-8-15(19)10-14/h4-10,12H,11H2,1-3H3,(H2,20,21,22). The number of nitrogens with one attached hydrogen (secondary N) is 2. The Morgan fingerprint density at radius 1 is 1.18 bits per heavy atom. The molecule has 0 bridgehead atoms. The lowest BCUT2D eigenvalue weighted by molar-refractivity contribution is 0.251. The number of hydrogen-bond donors (Lipinski definition) is 2. The Morgan fingerprint density at radius 2 is 1.91 bits per heavy atom. The van der Waals surface area contributed by atoms with Crippen LogP contribution in [0.15, 0.2) is 42.5 Å². The molecule has 0 unspecified atom stereocenters. The minimum Gasteiger partial charge on any atom is -0.334 e. The van der Waals surface area contributed by atoms with E-state index in [1.165, 1.54) is 12.1 Å². The summed E-state index contributed by atoms with van der Waals surface area (Å²) in [5.41, 5.74) is 3.69. The van der Waals surface area contributed by atoms with Crippen molar-refractivity contribution in [1.29, 1.82) is 0 Å². The molecule has 0 atom stereocenters. The minimum absolute atomic E-state index is 0.284. The maximum absolute atomic E-state index is 13.1. The molecule has 0 saturated heterocycles. The number of rotatable bonds is 4. The number of carbonyl (C=O) groups is 1. The van der Waals surface area contributed by atoms with E-state index in [0.29, 0.717) is 5.92 Å². The molecule has 2 aromatic rings. The van der Waals surface area contributed by atoms with Crippen molar-refractivity contribution < 1.29 is 9.18 Å². The minimum atomic E-state index is -0.305. The number of amides is 2. The normalized spacial score (nSPS) is 10.6. The Balaban J connectivity index is 2.03. The van der Waals surface area contributed by atoms with Gasteiger partial charge in [-0.2, -0.15) is 0 Å². The molecule has 2 N–H and O–H groups in total. The number of carbonyl (C=O) groups excluding carboxylic acids is 1. The number of urea groups is 1. The Bertz CT molecular complexity index is 668. The first kappa shape index (κ1) is 16.0. The van der Waals surface area contributed by atoms with E-state index in [4.69, 9.17) is 0 Å². The number of anilines is 1. The molecule has 2 rings (SSSR count). The van der Waals surface area contributed by atoms with Gasteiger partial charge >= 0.3 is 6.03 Å². The van der Waals surface area contributed by atoms with Gasteiger partial charge in [-0.1, -0.05) is 44.2 Å². The number of para-hydroxylation sites is 1. The second-order valence-corrected chi connectivity index (χ2v) is 5.63. The fraction of sp³-hybridized carbons (Fsp3) is 0.278. The highest BCUT2D eigenvalue weighted by Crippen LogP contribution is 2.27. The van der Waals surface area contributed by atoms with Gasteiger partial charge in [-0.05, 0) is 41.7 Å². The molecule has 2 aromatic carbocycles. The third-order valence-corrected chi connectivity index (χ3v) is 3.51. The molecule has 0 fully saturated rings. The zero-order chi connectivity index (χ0) is 16.1. The molecule has 0 saturated carbocycles. The van der Waals surface area contributed by atoms with Crippen molar-refractivity contribution >= 4 is 11.7 Å². The van der Waals surface area contributed by atoms with Crippen molar-refractivity contribution in [2.75, 3.05) is 5.32 Å². The summed E-state index contributed by atoms with van der Waals surface area (Å²) in [6, 6.07) is 11.9. The molecule has 0 heterocycles. The molecule has 3 nitrogen and oxygen atoms in total. The lowest BCUT2D eigenvalue weighted by atomic mass is 9.98. The Kier molecular flexibility index (Phi) is 5.15. The maximum atomic E-state index is 13.1. The second-order valence-electron chi connectivity index (χ2n) is 5.63. The average Bonchev–Trinajstić information content (AvgIpc) is 2.47. The van der Waals surface area contributed by atoms with E-state index in [9.17, 15) is 9.18 Å². The summed E-state index contributed by atoms with van der Waals surface area (Å²) in [6.07, 6.45) is 0. The van der Waals surface area contributed by atoms with E-state index in [0.717, 1.165) is 22.4 Å². The van der Waals surface area contributed by atoms with Crippen LogP contribution in [0.25, 0.3) is 0 Å². The molecule has 0 spiro atoms. The zero-order valence-electron chi connectivity index (χ0n) is 13.1. The van der Waals surface area contributed by atoms with Crippen LogP contribution in [0.3, 0.4) is 0 Å². The summed E-state index contributed by atoms with van der Waals surface area (Å²) in [6.45, 7) is 6.43. The number of hydrogen-bond acceptors (Lipinski definition) is 1. The van der Waals surface area contributed by atoms with Gasteiger partial charge in [-0.3, -0.25) is 0 Å². The van der Waals surface area contributed by atoms with Crippen LogP contribution >= 0.6 is 0 Å². The molecular formula is C18H21FN2O. The van der Waals surface area contributed by atoms with Crippen LogP contribution in [0.4, 0.5) is 14.9 Å². The first-order valence-electron chi connectivity index (χ1n) is 7.36. The lowest BCUT2D eigenvalue weighted by Gasteiger charge is -2.16. The van der Waals surface area contributed by atoms with Crippen molar-refractivity contribution in [2.24, 2.45) is 0 Å². The van der Waals surface area contributed by atoms with Gasteiger partial charge in [0.25, 0.3) is 0 Å². The highest BCUT2D eigenvalue weighted by atomic mass is 19.1. The summed E-state index contributed by atoms with van der Waals surface area (Å²) in [5.74, 6) is 0.0131. The monoisotopic (exact) mass is 300 g/mol. The summed E-state index contributed by atoms with van der Waals surface area (Å²) in [7, 11) is 0. The predicted octanol–water partition coefficient (Wildman–Crippen LogP) is 4.58. The molecule has 4 heteroatoms. The molecule has 0 aliphatic carbocycles. The Hall–Kier alpha value is -2.36. The van der Waals surface area contributed by atoms with Gasteiger partial charge in [0, 0.05) is 12.2 Å². The Labute approximate surface area is 130 Å². The third-order valence-electron chi connectivity index (χ3n) is 3.51. The molecule has 0 aliphatic rings. The number of halogens is 1. The van der Waals surface area contributed by atoms with E-state index < -0.39 is 0 Å². The summed E-state index contributed by atoms with van der Waals surface area (Å²) in [5, 5.41) is 5.65. The van der Waals surface area contributed by atoms with Crippen molar-refractivity contribution in [2.45, 2.75) is 33.2 Å². The van der Waals surface area contributed by atoms with Crippen molar-refractivity contribution in [3.63, 3.8) is 0 Å². The third kappa shape index (κ3) is 4.07. The fourth-order valence-corrected chi connectivity index (χ4v) is 2.33. The van der Waals surface area contributed by atoms with Gasteiger partial charge in [-0.25, -0.2) is 9.18 Å². The van der Waals surface area contributed by atoms with Gasteiger partial charge in [0.05, 0.1) is 0 Å². The van der Waals surface area contributed by atoms with Crippen LogP contribution in [-0.4, -0.2) is 6.03 Å². The molecule has 116 valence electrons. The van der Waals surface area contributed by atoms with Gasteiger partial charge in [0.15, 0.2) is 0 Å². The van der Waals surface area contributed by atoms with E-state index in [-0.39, 0.29) is 18.4 Å². The van der Waals surface area contributed by atoms with Crippen LogP contribution < -0.4 is 10.6 Å². The van der Waals surface area contributed by atoms with E-state index in [2.05, 4.69) is 24.5 Å². The SMILES string of the molecule is Cc1cccc(C(C)C)c1NC(=O)NCc1cccc(F)c1. The van der Waals surface area contributed by atoms with Crippen LogP contribution in [0.5, 0.6) is 0 Å². The summed E-state index contributed by atoms with van der Waals surface area (Å²) >= 11 is 0. The average molecular weight is 300 g/mol. The second kappa shape index (κ2) is 7.07. The first-order valence-corrected chi connectivity index (χ1v) is 7.36. The molecule has 0 radical (unpaired) electrons. The van der Waals surface area contributed by atoms with Crippen molar-refractivity contribution in [3.8, 4) is 0 Å².